The normalized spacial score (nSPS) is 15.3. The number of fused-ring (bicyclic) bond motifs is 1. The molecule has 188 valence electrons. The van der Waals surface area contributed by atoms with Crippen LogP contribution in [-0.4, -0.2) is 57.8 Å². The Hall–Kier alpha value is -3.05. The summed E-state index contributed by atoms with van der Waals surface area (Å²) in [7, 11) is -3.84. The van der Waals surface area contributed by atoms with E-state index in [4.69, 9.17) is 9.84 Å². The van der Waals surface area contributed by atoms with Gasteiger partial charge in [0.05, 0.1) is 22.8 Å². The second-order valence-electron chi connectivity index (χ2n) is 8.67. The first kappa shape index (κ1) is 25.1. The average molecular weight is 502 g/mol. The van der Waals surface area contributed by atoms with Gasteiger partial charge in [0, 0.05) is 31.8 Å². The van der Waals surface area contributed by atoms with Gasteiger partial charge in [0.2, 0.25) is 10.0 Å². The Labute approximate surface area is 204 Å². The van der Waals surface area contributed by atoms with Crippen molar-refractivity contribution < 1.29 is 17.9 Å². The number of rotatable bonds is 8. The van der Waals surface area contributed by atoms with Crippen LogP contribution < -0.4 is 10.3 Å². The van der Waals surface area contributed by atoms with Crippen LogP contribution in [0.5, 0.6) is 5.75 Å². The molecule has 3 heterocycles. The molecule has 35 heavy (non-hydrogen) atoms. The molecule has 1 aromatic carbocycles. The van der Waals surface area contributed by atoms with Crippen LogP contribution in [0, 0.1) is 6.92 Å². The highest BCUT2D eigenvalue weighted by Crippen LogP contribution is 2.32. The quantitative estimate of drug-likeness (QED) is 0.503. The van der Waals surface area contributed by atoms with E-state index in [1.807, 2.05) is 6.92 Å². The van der Waals surface area contributed by atoms with Crippen molar-refractivity contribution in [2.45, 2.75) is 64.2 Å². The van der Waals surface area contributed by atoms with Crippen LogP contribution in [-0.2, 0) is 14.8 Å². The van der Waals surface area contributed by atoms with Crippen LogP contribution in [0.4, 0.5) is 0 Å². The molecule has 1 fully saturated rings. The third-order valence-corrected chi connectivity index (χ3v) is 8.37. The number of aryl methyl sites for hydroxylation is 1. The maximum atomic E-state index is 13.3. The van der Waals surface area contributed by atoms with E-state index < -0.39 is 10.0 Å². The lowest BCUT2D eigenvalue weighted by Crippen LogP contribution is -2.38. The molecule has 0 spiro atoms. The number of H-pyrrole nitrogens is 1. The number of sulfonamides is 1. The molecule has 1 saturated heterocycles. The van der Waals surface area contributed by atoms with Gasteiger partial charge in [-0.3, -0.25) is 9.59 Å². The van der Waals surface area contributed by atoms with E-state index in [1.54, 1.807) is 17.5 Å². The number of imidazole rings is 1. The maximum absolute atomic E-state index is 13.3. The van der Waals surface area contributed by atoms with E-state index in [1.165, 1.54) is 16.4 Å². The summed E-state index contributed by atoms with van der Waals surface area (Å²) in [5.41, 5.74) is 0.966. The van der Waals surface area contributed by atoms with Gasteiger partial charge in [-0.25, -0.2) is 17.9 Å². The summed E-state index contributed by atoms with van der Waals surface area (Å²) in [5.74, 6) is 1.49. The Bertz CT molecular complexity index is 1410. The standard InChI is InChI=1S/C24H31N5O5S/c1-5-16(6-2)23-25-15(4)21-24(31)26-22(27-29(21)23)19-14-18(8-9-20(19)34-7-3)35(32,33)28-12-10-17(30)11-13-28/h8-9,14,16H,5-7,10-13H2,1-4H3,(H,26,27,31). The summed E-state index contributed by atoms with van der Waals surface area (Å²) in [6, 6.07) is 4.53. The van der Waals surface area contributed by atoms with Crippen molar-refractivity contribution in [1.82, 2.24) is 23.9 Å². The number of hydrogen-bond acceptors (Lipinski definition) is 7. The molecule has 1 aliphatic heterocycles. The molecule has 0 unspecified atom stereocenters. The van der Waals surface area contributed by atoms with Gasteiger partial charge in [-0.15, -0.1) is 5.10 Å². The van der Waals surface area contributed by atoms with Crippen molar-refractivity contribution in [3.8, 4) is 17.1 Å². The number of ether oxygens (including phenoxy) is 1. The van der Waals surface area contributed by atoms with Crippen LogP contribution in [0.1, 0.15) is 63.9 Å². The summed E-state index contributed by atoms with van der Waals surface area (Å²) >= 11 is 0. The highest BCUT2D eigenvalue weighted by atomic mass is 32.2. The highest BCUT2D eigenvalue weighted by molar-refractivity contribution is 7.89. The number of nitrogens with one attached hydrogen (secondary N) is 1. The number of ketones is 1. The number of Topliss-reactive ketones (excluding diaryl/α,β-unsaturated/α-hetero) is 1. The maximum Gasteiger partial charge on any atom is 0.277 e. The molecule has 0 bridgehead atoms. The second-order valence-corrected chi connectivity index (χ2v) is 10.6. The van der Waals surface area contributed by atoms with E-state index in [2.05, 4.69) is 23.8 Å². The number of piperidine rings is 1. The molecule has 0 aliphatic carbocycles. The zero-order chi connectivity index (χ0) is 25.3. The van der Waals surface area contributed by atoms with Gasteiger partial charge in [-0.05, 0) is 44.9 Å². The molecule has 10 nitrogen and oxygen atoms in total. The highest BCUT2D eigenvalue weighted by Gasteiger charge is 2.30. The van der Waals surface area contributed by atoms with Crippen molar-refractivity contribution in [3.05, 3.63) is 40.1 Å². The first-order valence-corrected chi connectivity index (χ1v) is 13.4. The van der Waals surface area contributed by atoms with Gasteiger partial charge in [-0.2, -0.15) is 4.31 Å². The van der Waals surface area contributed by atoms with Gasteiger partial charge >= 0.3 is 0 Å². The van der Waals surface area contributed by atoms with Gasteiger partial charge in [0.25, 0.3) is 5.56 Å². The van der Waals surface area contributed by atoms with Crippen LogP contribution in [0.2, 0.25) is 0 Å². The molecular weight excluding hydrogens is 470 g/mol. The van der Waals surface area contributed by atoms with Gasteiger partial charge < -0.3 is 9.72 Å². The zero-order valence-electron chi connectivity index (χ0n) is 20.5. The fourth-order valence-corrected chi connectivity index (χ4v) is 5.96. The summed E-state index contributed by atoms with van der Waals surface area (Å²) in [5, 5.41) is 4.70. The third kappa shape index (κ3) is 4.62. The Morgan fingerprint density at radius 1 is 1.11 bits per heavy atom. The van der Waals surface area contributed by atoms with Crippen LogP contribution in [0.15, 0.2) is 27.9 Å². The molecule has 1 aliphatic rings. The average Bonchev–Trinajstić information content (AvgIpc) is 3.17. The SMILES string of the molecule is CCOc1ccc(S(=O)(=O)N2CCC(=O)CC2)cc1-c1nn2c(C(CC)CC)nc(C)c2c(=O)[nH]1. The Morgan fingerprint density at radius 3 is 2.43 bits per heavy atom. The van der Waals surface area contributed by atoms with E-state index in [-0.39, 0.29) is 53.9 Å². The monoisotopic (exact) mass is 501 g/mol. The molecule has 0 radical (unpaired) electrons. The number of aromatic nitrogens is 4. The molecule has 2 aromatic heterocycles. The van der Waals surface area contributed by atoms with Crippen LogP contribution >= 0.6 is 0 Å². The summed E-state index contributed by atoms with van der Waals surface area (Å²) in [6.45, 7) is 8.38. The number of aromatic amines is 1. The summed E-state index contributed by atoms with van der Waals surface area (Å²) < 4.78 is 35.3. The zero-order valence-corrected chi connectivity index (χ0v) is 21.3. The van der Waals surface area contributed by atoms with Gasteiger partial charge in [0.1, 0.15) is 17.4 Å². The van der Waals surface area contributed by atoms with Crippen molar-refractivity contribution in [2.75, 3.05) is 19.7 Å². The minimum Gasteiger partial charge on any atom is -0.493 e. The minimum absolute atomic E-state index is 0.0510. The Balaban J connectivity index is 1.88. The molecule has 3 aromatic rings. The van der Waals surface area contributed by atoms with E-state index in [0.717, 1.165) is 12.8 Å². The smallest absolute Gasteiger partial charge is 0.277 e. The number of benzene rings is 1. The van der Waals surface area contributed by atoms with E-state index in [0.29, 0.717) is 35.0 Å². The Kier molecular flexibility index (Phi) is 7.09. The molecule has 0 amide bonds. The fraction of sp³-hybridized carbons (Fsp3) is 0.500. The van der Waals surface area contributed by atoms with E-state index >= 15 is 0 Å². The lowest BCUT2D eigenvalue weighted by molar-refractivity contribution is -0.120. The molecule has 11 heteroatoms. The van der Waals surface area contributed by atoms with Crippen molar-refractivity contribution >= 4 is 21.3 Å². The van der Waals surface area contributed by atoms with Crippen molar-refractivity contribution in [3.63, 3.8) is 0 Å². The Morgan fingerprint density at radius 2 is 1.80 bits per heavy atom. The van der Waals surface area contributed by atoms with Gasteiger partial charge in [0.15, 0.2) is 11.3 Å². The number of carbonyl (C=O) groups excluding carboxylic acids is 1. The molecule has 0 atom stereocenters. The topological polar surface area (TPSA) is 127 Å². The number of carbonyl (C=O) groups is 1. The molecular formula is C24H31N5O5S. The first-order valence-electron chi connectivity index (χ1n) is 12.0. The summed E-state index contributed by atoms with van der Waals surface area (Å²) in [6.07, 6.45) is 2.09. The van der Waals surface area contributed by atoms with Crippen molar-refractivity contribution in [2.24, 2.45) is 0 Å². The fourth-order valence-electron chi connectivity index (χ4n) is 4.49. The van der Waals surface area contributed by atoms with Crippen molar-refractivity contribution in [1.29, 1.82) is 0 Å². The third-order valence-electron chi connectivity index (χ3n) is 6.48. The molecule has 1 N–H and O–H groups in total. The second kappa shape index (κ2) is 9.90. The molecule has 0 saturated carbocycles. The summed E-state index contributed by atoms with van der Waals surface area (Å²) in [4.78, 5) is 32.2. The first-order chi connectivity index (χ1) is 16.7. The van der Waals surface area contributed by atoms with Gasteiger partial charge in [-0.1, -0.05) is 13.8 Å². The number of nitrogens with zero attached hydrogens (tertiary/aromatic N) is 4. The van der Waals surface area contributed by atoms with Crippen LogP contribution in [0.25, 0.3) is 16.9 Å². The minimum atomic E-state index is -3.84. The van der Waals surface area contributed by atoms with E-state index in [9.17, 15) is 18.0 Å². The molecule has 4 rings (SSSR count). The van der Waals surface area contributed by atoms with Crippen LogP contribution in [0.3, 0.4) is 0 Å². The lowest BCUT2D eigenvalue weighted by Gasteiger charge is -2.25. The predicted octanol–water partition coefficient (Wildman–Crippen LogP) is 3.05. The largest absolute Gasteiger partial charge is 0.493 e. The lowest BCUT2D eigenvalue weighted by atomic mass is 10.0. The predicted molar refractivity (Wildman–Crippen MR) is 131 cm³/mol. The number of hydrogen-bond donors (Lipinski definition) is 1.